The molecule has 0 bridgehead atoms. The van der Waals surface area contributed by atoms with E-state index < -0.39 is 38.1 Å². The lowest BCUT2D eigenvalue weighted by molar-refractivity contribution is -0.126. The second-order valence-corrected chi connectivity index (χ2v) is 21.2. The third-order valence-corrected chi connectivity index (χ3v) is 17.2. The summed E-state index contributed by atoms with van der Waals surface area (Å²) in [5.74, 6) is -0.937. The van der Waals surface area contributed by atoms with Gasteiger partial charge in [0.1, 0.15) is 11.6 Å². The number of rotatable bonds is 14. The zero-order chi connectivity index (χ0) is 43.5. The van der Waals surface area contributed by atoms with Crippen LogP contribution in [0.2, 0.25) is 0 Å². The van der Waals surface area contributed by atoms with Crippen LogP contribution in [0.25, 0.3) is 0 Å². The van der Waals surface area contributed by atoms with Gasteiger partial charge in [0.2, 0.25) is 5.91 Å². The van der Waals surface area contributed by atoms with E-state index in [1.54, 1.807) is 28.0 Å². The summed E-state index contributed by atoms with van der Waals surface area (Å²) in [6, 6.07) is 10.8. The molecule has 5 heterocycles. The molecule has 8 rings (SSSR count). The molecule has 0 spiro atoms. The molecule has 6 fully saturated rings. The van der Waals surface area contributed by atoms with Crippen LogP contribution in [0.15, 0.2) is 59.5 Å². The molecular formula is C47H65F3N6O5S. The molecule has 2 aromatic carbocycles. The summed E-state index contributed by atoms with van der Waals surface area (Å²) < 4.78 is 79.8. The highest BCUT2D eigenvalue weighted by Crippen LogP contribution is 2.52. The van der Waals surface area contributed by atoms with Crippen molar-refractivity contribution in [1.82, 2.24) is 24.9 Å². The average Bonchev–Trinajstić information content (AvgIpc) is 3.71. The fourth-order valence-corrected chi connectivity index (χ4v) is 13.5. The van der Waals surface area contributed by atoms with Crippen molar-refractivity contribution in [2.75, 3.05) is 97.1 Å². The summed E-state index contributed by atoms with van der Waals surface area (Å²) >= 11 is 0. The van der Waals surface area contributed by atoms with Crippen molar-refractivity contribution in [1.29, 1.82) is 0 Å². The van der Waals surface area contributed by atoms with Gasteiger partial charge < -0.3 is 24.8 Å². The van der Waals surface area contributed by atoms with Gasteiger partial charge >= 0.3 is 6.09 Å². The van der Waals surface area contributed by atoms with E-state index in [1.165, 1.54) is 31.7 Å². The Morgan fingerprint density at radius 1 is 0.855 bits per heavy atom. The molecule has 4 atom stereocenters. The number of alkyl carbamates (subject to hydrolysis) is 1. The molecule has 2 aromatic rings. The minimum absolute atomic E-state index is 0.00788. The van der Waals surface area contributed by atoms with Gasteiger partial charge in [0.25, 0.3) is 0 Å². The second kappa shape index (κ2) is 19.2. The van der Waals surface area contributed by atoms with Gasteiger partial charge in [0, 0.05) is 50.3 Å². The van der Waals surface area contributed by atoms with Crippen LogP contribution in [0, 0.1) is 23.5 Å². The number of sulfone groups is 1. The van der Waals surface area contributed by atoms with Crippen LogP contribution < -0.4 is 10.2 Å². The van der Waals surface area contributed by atoms with E-state index in [2.05, 4.69) is 20.0 Å². The molecule has 62 heavy (non-hydrogen) atoms. The topological polar surface area (TPSA) is 106 Å². The van der Waals surface area contributed by atoms with Gasteiger partial charge in [-0.2, -0.15) is 0 Å². The quantitative estimate of drug-likeness (QED) is 0.223. The third-order valence-electron chi connectivity index (χ3n) is 15.0. The summed E-state index contributed by atoms with van der Waals surface area (Å²) in [5.41, 5.74) is -0.854. The van der Waals surface area contributed by atoms with Gasteiger partial charge in [-0.25, -0.2) is 26.4 Å². The first-order valence-corrected chi connectivity index (χ1v) is 24.6. The number of likely N-dealkylation sites (tertiary alicyclic amines) is 4. The molecule has 15 heteroatoms. The minimum Gasteiger partial charge on any atom is -0.453 e. The number of methoxy groups -OCH3 is 1. The van der Waals surface area contributed by atoms with Gasteiger partial charge in [-0.3, -0.25) is 14.6 Å². The fraction of sp³-hybridized carbons (Fsp3) is 0.660. The maximum Gasteiger partial charge on any atom is 0.407 e. The maximum absolute atomic E-state index is 16.4. The summed E-state index contributed by atoms with van der Waals surface area (Å²) in [5, 5.41) is 2.29. The number of carbonyl (C=O) groups excluding carboxylic acids is 2. The minimum atomic E-state index is -3.93. The molecule has 340 valence electrons. The molecule has 1 unspecified atom stereocenters. The lowest BCUT2D eigenvalue weighted by Crippen LogP contribution is -2.65. The highest BCUT2D eigenvalue weighted by molar-refractivity contribution is 7.92. The highest BCUT2D eigenvalue weighted by Gasteiger charge is 2.54. The molecular weight excluding hydrogens is 818 g/mol. The van der Waals surface area contributed by atoms with Crippen LogP contribution in [-0.2, 0) is 24.8 Å². The van der Waals surface area contributed by atoms with Crippen LogP contribution in [0.4, 0.5) is 23.7 Å². The van der Waals surface area contributed by atoms with Crippen LogP contribution in [0.5, 0.6) is 0 Å². The summed E-state index contributed by atoms with van der Waals surface area (Å²) in [7, 11) is -2.55. The fourth-order valence-electron chi connectivity index (χ4n) is 11.7. The van der Waals surface area contributed by atoms with E-state index in [9.17, 15) is 18.0 Å². The van der Waals surface area contributed by atoms with Crippen molar-refractivity contribution < 1.29 is 35.9 Å². The summed E-state index contributed by atoms with van der Waals surface area (Å²) in [6.07, 6.45) is 12.8. The molecule has 2 amide bonds. The number of hydrogen-bond donors (Lipinski definition) is 1. The zero-order valence-electron chi connectivity index (χ0n) is 36.3. The largest absolute Gasteiger partial charge is 0.453 e. The van der Waals surface area contributed by atoms with Crippen LogP contribution in [0.1, 0.15) is 76.2 Å². The number of carbonyl (C=O) groups is 2. The number of ether oxygens (including phenoxy) is 1. The van der Waals surface area contributed by atoms with Crippen LogP contribution in [-0.4, -0.2) is 149 Å². The standard InChI is InChI=1S/C47H65F3N6O5S/c1-61-45(58)51-42-14-6-13-40(42)47(34-53-23-9-24-53,36-10-5-11-37(48)28-36)35-18-26-54(27-19-35)31-46(50)32-56(33-46)43-17-16-38(29-41(43)49)62(59,60)39-12-7-25-55(30-39)44(57)15-8-22-52-20-3-2-4-21-52/h5,8,10-11,15-17,28-29,35,39-40,42H,2-4,6-7,9,12-14,18-27,30-34H2,1H3,(H,51,58)/b15-8+/t39?,40-,42-,47-/m0/s1. The summed E-state index contributed by atoms with van der Waals surface area (Å²) in [4.78, 5) is 35.5. The highest BCUT2D eigenvalue weighted by atomic mass is 32.2. The molecule has 5 saturated heterocycles. The van der Waals surface area contributed by atoms with E-state index in [0.29, 0.717) is 39.0 Å². The number of nitrogens with one attached hydrogen (secondary N) is 1. The first-order valence-electron chi connectivity index (χ1n) is 23.1. The first-order chi connectivity index (χ1) is 29.9. The Morgan fingerprint density at radius 3 is 2.31 bits per heavy atom. The predicted octanol–water partition coefficient (Wildman–Crippen LogP) is 6.18. The van der Waals surface area contributed by atoms with E-state index in [4.69, 9.17) is 4.74 Å². The number of nitrogens with zero attached hydrogens (tertiary/aromatic N) is 5. The van der Waals surface area contributed by atoms with Gasteiger partial charge in [-0.15, -0.1) is 0 Å². The number of alkyl halides is 1. The van der Waals surface area contributed by atoms with Gasteiger partial charge in [0.15, 0.2) is 15.5 Å². The lowest BCUT2D eigenvalue weighted by Gasteiger charge is -2.54. The van der Waals surface area contributed by atoms with E-state index in [1.807, 2.05) is 12.1 Å². The van der Waals surface area contributed by atoms with Gasteiger partial charge in [-0.05, 0) is 145 Å². The normalized spacial score (nSPS) is 26.5. The molecule has 0 radical (unpaired) electrons. The maximum atomic E-state index is 16.4. The molecule has 6 aliphatic rings. The number of benzene rings is 2. The Labute approximate surface area is 365 Å². The van der Waals surface area contributed by atoms with Crippen molar-refractivity contribution in [3.63, 3.8) is 0 Å². The lowest BCUT2D eigenvalue weighted by atomic mass is 9.57. The van der Waals surface area contributed by atoms with Crippen molar-refractivity contribution in [2.45, 2.75) is 97.9 Å². The predicted molar refractivity (Wildman–Crippen MR) is 234 cm³/mol. The van der Waals surface area contributed by atoms with Crippen molar-refractivity contribution in [3.8, 4) is 0 Å². The van der Waals surface area contributed by atoms with Crippen LogP contribution in [0.3, 0.4) is 0 Å². The van der Waals surface area contributed by atoms with E-state index in [-0.39, 0.29) is 66.4 Å². The smallest absolute Gasteiger partial charge is 0.407 e. The Balaban J connectivity index is 0.885. The number of anilines is 1. The number of halogens is 3. The third kappa shape index (κ3) is 9.70. The zero-order valence-corrected chi connectivity index (χ0v) is 37.1. The van der Waals surface area contributed by atoms with Crippen molar-refractivity contribution in [2.24, 2.45) is 11.8 Å². The Kier molecular flexibility index (Phi) is 13.9. The van der Waals surface area contributed by atoms with E-state index in [0.717, 1.165) is 95.7 Å². The summed E-state index contributed by atoms with van der Waals surface area (Å²) in [6.45, 7) is 7.53. The van der Waals surface area contributed by atoms with Crippen molar-refractivity contribution >= 4 is 27.5 Å². The Bertz CT molecular complexity index is 2030. The van der Waals surface area contributed by atoms with Crippen molar-refractivity contribution in [3.05, 3.63) is 71.8 Å². The Hall–Kier alpha value is -3.66. The molecule has 1 aliphatic carbocycles. The second-order valence-electron chi connectivity index (χ2n) is 19.0. The number of amides is 2. The molecule has 0 aromatic heterocycles. The molecule has 1 N–H and O–H groups in total. The van der Waals surface area contributed by atoms with Gasteiger partial charge in [0.05, 0.1) is 36.0 Å². The van der Waals surface area contributed by atoms with Gasteiger partial charge in [-0.1, -0.05) is 31.1 Å². The SMILES string of the molecule is COC(=O)N[C@H]1CCC[C@@H]1[C@](CN1CCC1)(c1cccc(F)c1)C1CCN(CC2(F)CN(c3ccc(S(=O)(=O)C4CCCN(C(=O)/C=C/CN5CCCCC5)C4)cc3F)C2)CC1. The number of hydrogen-bond acceptors (Lipinski definition) is 9. The first kappa shape index (κ1) is 44.9. The molecule has 5 aliphatic heterocycles. The Morgan fingerprint density at radius 2 is 1.61 bits per heavy atom. The number of piperidine rings is 3. The molecule has 11 nitrogen and oxygen atoms in total. The average molecular weight is 883 g/mol. The van der Waals surface area contributed by atoms with Crippen LogP contribution >= 0.6 is 0 Å². The van der Waals surface area contributed by atoms with E-state index >= 15 is 13.2 Å². The molecule has 1 saturated carbocycles. The monoisotopic (exact) mass is 882 g/mol.